The Morgan fingerprint density at radius 3 is 2.39 bits per heavy atom. The number of fused-ring (bicyclic) bond motifs is 2. The lowest BCUT2D eigenvalue weighted by Gasteiger charge is -2.43. The maximum Gasteiger partial charge on any atom is 0.223 e. The molecule has 2 saturated carbocycles. The molecule has 1 amide bonds. The molecule has 3 fully saturated rings. The van der Waals surface area contributed by atoms with Crippen molar-refractivity contribution in [1.29, 1.82) is 0 Å². The summed E-state index contributed by atoms with van der Waals surface area (Å²) >= 11 is 0. The summed E-state index contributed by atoms with van der Waals surface area (Å²) < 4.78 is 5.30. The van der Waals surface area contributed by atoms with E-state index in [1.54, 1.807) is 7.11 Å². The summed E-state index contributed by atoms with van der Waals surface area (Å²) in [7, 11) is 1.69. The van der Waals surface area contributed by atoms with Crippen LogP contribution in [0.5, 0.6) is 5.75 Å². The number of hydrogen-bond donors (Lipinski definition) is 2. The molecule has 3 atom stereocenters. The van der Waals surface area contributed by atoms with Crippen LogP contribution in [-0.4, -0.2) is 43.6 Å². The zero-order valence-corrected chi connectivity index (χ0v) is 17.1. The van der Waals surface area contributed by atoms with E-state index in [9.17, 15) is 4.79 Å². The molecule has 1 aromatic carbocycles. The maximum absolute atomic E-state index is 13.0. The Morgan fingerprint density at radius 2 is 1.79 bits per heavy atom. The number of methoxy groups -OCH3 is 1. The highest BCUT2D eigenvalue weighted by Gasteiger charge is 2.40. The number of amides is 1. The largest absolute Gasteiger partial charge is 0.497 e. The van der Waals surface area contributed by atoms with E-state index in [2.05, 4.69) is 22.3 Å². The van der Waals surface area contributed by atoms with Crippen LogP contribution in [-0.2, 0) is 4.79 Å². The van der Waals surface area contributed by atoms with Crippen LogP contribution in [0.15, 0.2) is 24.3 Å². The summed E-state index contributed by atoms with van der Waals surface area (Å²) in [5.41, 5.74) is 7.66. The Bertz CT molecular complexity index is 642. The summed E-state index contributed by atoms with van der Waals surface area (Å²) in [4.78, 5) is 15.5. The molecule has 2 bridgehead atoms. The second-order valence-corrected chi connectivity index (χ2v) is 8.97. The predicted octanol–water partition coefficient (Wildman–Crippen LogP) is 3.10. The first kappa shape index (κ1) is 19.7. The minimum atomic E-state index is 0.144. The Balaban J connectivity index is 1.40. The monoisotopic (exact) mass is 385 g/mol. The van der Waals surface area contributed by atoms with E-state index < -0.39 is 0 Å². The molecule has 5 heteroatoms. The molecule has 5 nitrogen and oxygen atoms in total. The third-order valence-electron chi connectivity index (χ3n) is 7.34. The molecule has 154 valence electrons. The second-order valence-electron chi connectivity index (χ2n) is 8.97. The molecule has 1 aliphatic heterocycles. The Kier molecular flexibility index (Phi) is 6.22. The molecule has 2 aliphatic carbocycles. The van der Waals surface area contributed by atoms with Crippen molar-refractivity contribution in [3.8, 4) is 5.75 Å². The van der Waals surface area contributed by atoms with Crippen LogP contribution in [0, 0.1) is 17.8 Å². The third kappa shape index (κ3) is 4.20. The van der Waals surface area contributed by atoms with E-state index in [0.717, 1.165) is 31.7 Å². The molecule has 1 heterocycles. The molecule has 3 aliphatic rings. The minimum absolute atomic E-state index is 0.144. The zero-order chi connectivity index (χ0) is 19.5. The van der Waals surface area contributed by atoms with Crippen molar-refractivity contribution >= 4 is 5.91 Å². The standard InChI is InChI=1S/C23H35N3O2/c1-28-20-9-7-16(8-10-20)21(26-11-2-3-12-26)15-25-23(27)19-13-17-5-4-6-18(14-19)22(17)24/h7-10,17-19,21-22H,2-6,11-15,24H2,1H3,(H,25,27). The van der Waals surface area contributed by atoms with Gasteiger partial charge in [-0.3, -0.25) is 9.69 Å². The molecule has 3 unspecified atom stereocenters. The average molecular weight is 386 g/mol. The van der Waals surface area contributed by atoms with Gasteiger partial charge in [0.15, 0.2) is 0 Å². The van der Waals surface area contributed by atoms with Crippen molar-refractivity contribution < 1.29 is 9.53 Å². The van der Waals surface area contributed by atoms with Crippen LogP contribution in [0.2, 0.25) is 0 Å². The number of benzene rings is 1. The molecule has 4 rings (SSSR count). The lowest BCUT2D eigenvalue weighted by molar-refractivity contribution is -0.128. The van der Waals surface area contributed by atoms with Gasteiger partial charge in [0, 0.05) is 18.5 Å². The molecular formula is C23H35N3O2. The van der Waals surface area contributed by atoms with Crippen molar-refractivity contribution in [1.82, 2.24) is 10.2 Å². The number of nitrogens with one attached hydrogen (secondary N) is 1. The number of nitrogens with two attached hydrogens (primary N) is 1. The fourth-order valence-electron chi connectivity index (χ4n) is 5.68. The summed E-state index contributed by atoms with van der Waals surface area (Å²) in [5, 5.41) is 3.31. The number of ether oxygens (including phenoxy) is 1. The van der Waals surface area contributed by atoms with E-state index >= 15 is 0 Å². The highest BCUT2D eigenvalue weighted by atomic mass is 16.5. The molecule has 0 spiro atoms. The lowest BCUT2D eigenvalue weighted by Crippen LogP contribution is -2.49. The van der Waals surface area contributed by atoms with E-state index in [0.29, 0.717) is 24.4 Å². The highest BCUT2D eigenvalue weighted by molar-refractivity contribution is 5.78. The number of nitrogens with zero attached hydrogens (tertiary/aromatic N) is 1. The smallest absolute Gasteiger partial charge is 0.223 e. The Morgan fingerprint density at radius 1 is 1.14 bits per heavy atom. The predicted molar refractivity (Wildman–Crippen MR) is 111 cm³/mol. The van der Waals surface area contributed by atoms with Crippen LogP contribution in [0.25, 0.3) is 0 Å². The SMILES string of the molecule is COc1ccc(C(CNC(=O)C2CC3CCCC(C2)C3N)N2CCCC2)cc1. The van der Waals surface area contributed by atoms with Gasteiger partial charge in [0.05, 0.1) is 13.2 Å². The van der Waals surface area contributed by atoms with Gasteiger partial charge < -0.3 is 15.8 Å². The molecule has 0 radical (unpaired) electrons. The van der Waals surface area contributed by atoms with Gasteiger partial charge >= 0.3 is 0 Å². The number of rotatable bonds is 6. The van der Waals surface area contributed by atoms with Crippen LogP contribution >= 0.6 is 0 Å². The first-order chi connectivity index (χ1) is 13.7. The highest BCUT2D eigenvalue weighted by Crippen LogP contribution is 2.42. The summed E-state index contributed by atoms with van der Waals surface area (Å²) in [6, 6.07) is 8.86. The number of likely N-dealkylation sites (tertiary alicyclic amines) is 1. The van der Waals surface area contributed by atoms with Gasteiger partial charge in [0.1, 0.15) is 5.75 Å². The normalized spacial score (nSPS) is 31.4. The molecule has 3 N–H and O–H groups in total. The first-order valence-electron chi connectivity index (χ1n) is 11.1. The topological polar surface area (TPSA) is 67.6 Å². The van der Waals surface area contributed by atoms with E-state index in [4.69, 9.17) is 10.5 Å². The van der Waals surface area contributed by atoms with Gasteiger partial charge in [-0.05, 0) is 81.1 Å². The summed E-state index contributed by atoms with van der Waals surface area (Å²) in [5.74, 6) is 2.34. The molecule has 28 heavy (non-hydrogen) atoms. The molecule has 1 aromatic rings. The Labute approximate surface area is 169 Å². The maximum atomic E-state index is 13.0. The van der Waals surface area contributed by atoms with Crippen LogP contribution < -0.4 is 15.8 Å². The van der Waals surface area contributed by atoms with E-state index in [1.807, 2.05) is 12.1 Å². The molecule has 1 saturated heterocycles. The fourth-order valence-corrected chi connectivity index (χ4v) is 5.68. The van der Waals surface area contributed by atoms with Gasteiger partial charge in [0.25, 0.3) is 0 Å². The quantitative estimate of drug-likeness (QED) is 0.790. The van der Waals surface area contributed by atoms with Gasteiger partial charge in [-0.25, -0.2) is 0 Å². The van der Waals surface area contributed by atoms with Crippen molar-refractivity contribution in [3.63, 3.8) is 0 Å². The van der Waals surface area contributed by atoms with Crippen molar-refractivity contribution in [2.45, 2.75) is 57.0 Å². The van der Waals surface area contributed by atoms with Crippen LogP contribution in [0.1, 0.15) is 56.6 Å². The zero-order valence-electron chi connectivity index (χ0n) is 17.1. The first-order valence-corrected chi connectivity index (χ1v) is 11.1. The number of carbonyl (C=O) groups is 1. The van der Waals surface area contributed by atoms with Crippen molar-refractivity contribution in [2.75, 3.05) is 26.7 Å². The number of hydrogen-bond acceptors (Lipinski definition) is 4. The van der Waals surface area contributed by atoms with Crippen molar-refractivity contribution in [3.05, 3.63) is 29.8 Å². The molecule has 0 aromatic heterocycles. The van der Waals surface area contributed by atoms with Gasteiger partial charge in [-0.2, -0.15) is 0 Å². The van der Waals surface area contributed by atoms with Gasteiger partial charge in [0.2, 0.25) is 5.91 Å². The van der Waals surface area contributed by atoms with Crippen LogP contribution in [0.3, 0.4) is 0 Å². The third-order valence-corrected chi connectivity index (χ3v) is 7.34. The lowest BCUT2D eigenvalue weighted by atomic mass is 9.65. The van der Waals surface area contributed by atoms with E-state index in [-0.39, 0.29) is 17.9 Å². The second kappa shape index (κ2) is 8.83. The number of carbonyl (C=O) groups excluding carboxylic acids is 1. The average Bonchev–Trinajstić information content (AvgIpc) is 3.23. The van der Waals surface area contributed by atoms with Gasteiger partial charge in [-0.15, -0.1) is 0 Å². The Hall–Kier alpha value is -1.59. The van der Waals surface area contributed by atoms with Crippen LogP contribution in [0.4, 0.5) is 0 Å². The minimum Gasteiger partial charge on any atom is -0.497 e. The fraction of sp³-hybridized carbons (Fsp3) is 0.696. The van der Waals surface area contributed by atoms with E-state index in [1.165, 1.54) is 37.7 Å². The van der Waals surface area contributed by atoms with Crippen molar-refractivity contribution in [2.24, 2.45) is 23.5 Å². The summed E-state index contributed by atoms with van der Waals surface area (Å²) in [6.45, 7) is 2.90. The summed E-state index contributed by atoms with van der Waals surface area (Å²) in [6.07, 6.45) is 8.11. The molecular weight excluding hydrogens is 350 g/mol. The van der Waals surface area contributed by atoms with Gasteiger partial charge in [-0.1, -0.05) is 18.6 Å².